The van der Waals surface area contributed by atoms with E-state index in [9.17, 15) is 9.59 Å². The quantitative estimate of drug-likeness (QED) is 0.674. The molecule has 2 aromatic heterocycles. The van der Waals surface area contributed by atoms with Crippen LogP contribution in [0.1, 0.15) is 64.8 Å². The van der Waals surface area contributed by atoms with Gasteiger partial charge in [0.05, 0.1) is 28.8 Å². The molecule has 0 radical (unpaired) electrons. The van der Waals surface area contributed by atoms with Gasteiger partial charge in [-0.1, -0.05) is 24.9 Å². The smallest absolute Gasteiger partial charge is 0.408 e. The summed E-state index contributed by atoms with van der Waals surface area (Å²) in [6.45, 7) is 11.3. The molecule has 0 bridgehead atoms. The number of carbonyl (C=O) groups is 2. The van der Waals surface area contributed by atoms with Crippen LogP contribution in [-0.2, 0) is 9.53 Å². The Balaban J connectivity index is 1.73. The van der Waals surface area contributed by atoms with Crippen LogP contribution in [0.15, 0.2) is 22.9 Å². The molecule has 2 heterocycles. The van der Waals surface area contributed by atoms with Gasteiger partial charge < -0.3 is 19.9 Å². The molecule has 1 fully saturated rings. The monoisotopic (exact) mass is 442 g/mol. The number of nitrogens with zero attached hydrogens (tertiary/aromatic N) is 2. The van der Waals surface area contributed by atoms with Crippen molar-refractivity contribution in [1.82, 2.24) is 15.5 Å². The molecule has 32 heavy (non-hydrogen) atoms. The zero-order valence-electron chi connectivity index (χ0n) is 19.8. The van der Waals surface area contributed by atoms with Crippen molar-refractivity contribution in [3.05, 3.63) is 29.8 Å². The normalized spacial score (nSPS) is 19.8. The maximum Gasteiger partial charge on any atom is 0.408 e. The van der Waals surface area contributed by atoms with Crippen molar-refractivity contribution in [2.45, 2.75) is 78.9 Å². The number of anilines is 1. The molecule has 2 aromatic rings. The van der Waals surface area contributed by atoms with Gasteiger partial charge in [0.2, 0.25) is 5.91 Å². The molecule has 1 aliphatic rings. The Bertz CT molecular complexity index is 918. The SMILES string of the molecule is Cc1noc(C)c1-c1ccc(NC(=O)[C@@H](NC(=O)OC(C)(C)C)C2CCC(C)CC2)cn1. The van der Waals surface area contributed by atoms with Gasteiger partial charge in [0, 0.05) is 0 Å². The van der Waals surface area contributed by atoms with Crippen molar-refractivity contribution in [3.63, 3.8) is 0 Å². The average molecular weight is 443 g/mol. The van der Waals surface area contributed by atoms with Crippen molar-refractivity contribution in [1.29, 1.82) is 0 Å². The molecule has 8 heteroatoms. The van der Waals surface area contributed by atoms with Crippen LogP contribution in [-0.4, -0.2) is 33.8 Å². The molecule has 2 amide bonds. The third kappa shape index (κ3) is 6.08. The predicted octanol–water partition coefficient (Wildman–Crippen LogP) is 5.01. The summed E-state index contributed by atoms with van der Waals surface area (Å²) in [4.78, 5) is 30.1. The minimum Gasteiger partial charge on any atom is -0.444 e. The Morgan fingerprint density at radius 3 is 2.38 bits per heavy atom. The van der Waals surface area contributed by atoms with E-state index in [4.69, 9.17) is 9.26 Å². The molecule has 1 aliphatic carbocycles. The number of aromatic nitrogens is 2. The number of hydrogen-bond acceptors (Lipinski definition) is 6. The highest BCUT2D eigenvalue weighted by Crippen LogP contribution is 2.31. The Morgan fingerprint density at radius 2 is 1.84 bits per heavy atom. The number of rotatable bonds is 5. The first-order valence-corrected chi connectivity index (χ1v) is 11.2. The van der Waals surface area contributed by atoms with Crippen LogP contribution in [0.3, 0.4) is 0 Å². The number of pyridine rings is 1. The highest BCUT2D eigenvalue weighted by Gasteiger charge is 2.33. The summed E-state index contributed by atoms with van der Waals surface area (Å²) in [6.07, 6.45) is 4.88. The molecule has 0 saturated heterocycles. The fourth-order valence-corrected chi connectivity index (χ4v) is 4.14. The van der Waals surface area contributed by atoms with Crippen LogP contribution >= 0.6 is 0 Å². The molecular weight excluding hydrogens is 408 g/mol. The predicted molar refractivity (Wildman–Crippen MR) is 122 cm³/mol. The molecule has 174 valence electrons. The van der Waals surface area contributed by atoms with E-state index in [0.29, 0.717) is 17.4 Å². The molecule has 1 saturated carbocycles. The van der Waals surface area contributed by atoms with Crippen LogP contribution in [0.2, 0.25) is 0 Å². The van der Waals surface area contributed by atoms with Crippen molar-refractivity contribution in [2.24, 2.45) is 11.8 Å². The second-order valence-corrected chi connectivity index (χ2v) is 9.76. The van der Waals surface area contributed by atoms with E-state index in [1.54, 1.807) is 33.0 Å². The van der Waals surface area contributed by atoms with E-state index >= 15 is 0 Å². The van der Waals surface area contributed by atoms with Gasteiger partial charge in [0.1, 0.15) is 17.4 Å². The van der Waals surface area contributed by atoms with Gasteiger partial charge in [-0.2, -0.15) is 0 Å². The van der Waals surface area contributed by atoms with Crippen LogP contribution in [0.5, 0.6) is 0 Å². The first kappa shape index (κ1) is 23.8. The van der Waals surface area contributed by atoms with Crippen molar-refractivity contribution >= 4 is 17.7 Å². The molecule has 8 nitrogen and oxygen atoms in total. The number of nitrogens with one attached hydrogen (secondary N) is 2. The summed E-state index contributed by atoms with van der Waals surface area (Å²) in [6, 6.07) is 2.94. The summed E-state index contributed by atoms with van der Waals surface area (Å²) < 4.78 is 10.6. The second-order valence-electron chi connectivity index (χ2n) is 9.76. The summed E-state index contributed by atoms with van der Waals surface area (Å²) in [5.41, 5.74) is 2.27. The van der Waals surface area contributed by atoms with E-state index in [-0.39, 0.29) is 11.8 Å². The largest absolute Gasteiger partial charge is 0.444 e. The van der Waals surface area contributed by atoms with E-state index in [2.05, 4.69) is 27.7 Å². The lowest BCUT2D eigenvalue weighted by Crippen LogP contribution is -2.50. The van der Waals surface area contributed by atoms with Crippen molar-refractivity contribution < 1.29 is 18.8 Å². The maximum absolute atomic E-state index is 13.2. The van der Waals surface area contributed by atoms with Gasteiger partial charge in [0.15, 0.2) is 0 Å². The van der Waals surface area contributed by atoms with E-state index in [1.165, 1.54) is 0 Å². The third-order valence-electron chi connectivity index (χ3n) is 5.81. The van der Waals surface area contributed by atoms with Gasteiger partial charge in [-0.05, 0) is 71.4 Å². The fraction of sp³-hybridized carbons (Fsp3) is 0.583. The van der Waals surface area contributed by atoms with Gasteiger partial charge in [0.25, 0.3) is 0 Å². The summed E-state index contributed by atoms with van der Waals surface area (Å²) in [5, 5.41) is 9.68. The molecule has 2 N–H and O–H groups in total. The van der Waals surface area contributed by atoms with E-state index in [1.807, 2.05) is 19.9 Å². The second kappa shape index (κ2) is 9.71. The van der Waals surface area contributed by atoms with Crippen LogP contribution in [0, 0.1) is 25.7 Å². The standard InChI is InChI=1S/C24H34N4O4/c1-14-7-9-17(10-8-14)21(27-23(30)31-24(4,5)6)22(29)26-18-11-12-19(25-13-18)20-15(2)28-32-16(20)3/h11-14,17,21H,7-10H2,1-6H3,(H,26,29)(H,27,30)/t14?,17?,21-/m0/s1. The van der Waals surface area contributed by atoms with Gasteiger partial charge in [-0.3, -0.25) is 9.78 Å². The summed E-state index contributed by atoms with van der Waals surface area (Å²) in [5.74, 6) is 1.13. The topological polar surface area (TPSA) is 106 Å². The molecule has 1 atom stereocenters. The lowest BCUT2D eigenvalue weighted by atomic mass is 9.79. The summed E-state index contributed by atoms with van der Waals surface area (Å²) >= 11 is 0. The molecule has 0 aromatic carbocycles. The zero-order valence-corrected chi connectivity index (χ0v) is 19.8. The van der Waals surface area contributed by atoms with E-state index in [0.717, 1.165) is 42.6 Å². The Morgan fingerprint density at radius 1 is 1.16 bits per heavy atom. The summed E-state index contributed by atoms with van der Waals surface area (Å²) in [7, 11) is 0. The zero-order chi connectivity index (χ0) is 23.5. The molecule has 3 rings (SSSR count). The highest BCUT2D eigenvalue weighted by molar-refractivity contribution is 5.96. The van der Waals surface area contributed by atoms with Gasteiger partial charge in [-0.15, -0.1) is 0 Å². The maximum atomic E-state index is 13.2. The fourth-order valence-electron chi connectivity index (χ4n) is 4.14. The minimum absolute atomic E-state index is 0.0632. The Hall–Kier alpha value is -2.90. The highest BCUT2D eigenvalue weighted by atomic mass is 16.6. The third-order valence-corrected chi connectivity index (χ3v) is 5.81. The number of hydrogen-bond donors (Lipinski definition) is 2. The van der Waals surface area contributed by atoms with Crippen molar-refractivity contribution in [2.75, 3.05) is 5.32 Å². The van der Waals surface area contributed by atoms with Crippen molar-refractivity contribution in [3.8, 4) is 11.3 Å². The average Bonchev–Trinajstić information content (AvgIpc) is 3.04. The lowest BCUT2D eigenvalue weighted by Gasteiger charge is -2.33. The lowest BCUT2D eigenvalue weighted by molar-refractivity contribution is -0.119. The molecule has 0 unspecified atom stereocenters. The number of aryl methyl sites for hydroxylation is 2. The Labute approximate surface area is 189 Å². The molecular formula is C24H34N4O4. The number of amides is 2. The van der Waals surface area contributed by atoms with Crippen LogP contribution < -0.4 is 10.6 Å². The van der Waals surface area contributed by atoms with Crippen LogP contribution in [0.4, 0.5) is 10.5 Å². The van der Waals surface area contributed by atoms with Crippen LogP contribution in [0.25, 0.3) is 11.3 Å². The molecule has 0 spiro atoms. The number of carbonyl (C=O) groups excluding carboxylic acids is 2. The molecule has 0 aliphatic heterocycles. The van der Waals surface area contributed by atoms with Gasteiger partial charge >= 0.3 is 6.09 Å². The first-order chi connectivity index (χ1) is 15.0. The van der Waals surface area contributed by atoms with E-state index < -0.39 is 17.7 Å². The van der Waals surface area contributed by atoms with Gasteiger partial charge in [-0.25, -0.2) is 4.79 Å². The minimum atomic E-state index is -0.667. The number of alkyl carbamates (subject to hydrolysis) is 1. The Kier molecular flexibility index (Phi) is 7.21. The first-order valence-electron chi connectivity index (χ1n) is 11.2. The number of ether oxygens (including phenoxy) is 1.